The molecule has 2 rings (SSSR count). The van der Waals surface area contributed by atoms with Gasteiger partial charge in [0.25, 0.3) is 0 Å². The highest BCUT2D eigenvalue weighted by atomic mass is 19.1. The zero-order valence-electron chi connectivity index (χ0n) is 14.8. The van der Waals surface area contributed by atoms with Gasteiger partial charge in [0.15, 0.2) is 5.82 Å². The van der Waals surface area contributed by atoms with Crippen LogP contribution in [0.15, 0.2) is 6.20 Å². The maximum atomic E-state index is 12.2. The van der Waals surface area contributed by atoms with Crippen molar-refractivity contribution >= 4 is 13.0 Å². The number of tetrazole rings is 1. The van der Waals surface area contributed by atoms with Crippen LogP contribution in [-0.2, 0) is 24.4 Å². The highest BCUT2D eigenvalue weighted by molar-refractivity contribution is 6.40. The van der Waals surface area contributed by atoms with Gasteiger partial charge in [0.2, 0.25) is 5.91 Å². The van der Waals surface area contributed by atoms with Gasteiger partial charge in [-0.05, 0) is 23.2 Å². The highest BCUT2D eigenvalue weighted by Crippen LogP contribution is 2.14. The molecular formula is C13H23BFN9O3. The van der Waals surface area contributed by atoms with Crippen molar-refractivity contribution in [2.45, 2.75) is 51.3 Å². The smallest absolute Gasteiger partial charge is 0.427 e. The number of hydrogen-bond acceptors (Lipinski definition) is 9. The maximum Gasteiger partial charge on any atom is 0.451 e. The van der Waals surface area contributed by atoms with Crippen LogP contribution < -0.4 is 11.1 Å². The lowest BCUT2D eigenvalue weighted by Crippen LogP contribution is -2.29. The lowest BCUT2D eigenvalue weighted by atomic mass is 9.83. The van der Waals surface area contributed by atoms with Gasteiger partial charge < -0.3 is 21.1 Å². The first-order chi connectivity index (χ1) is 13.0. The van der Waals surface area contributed by atoms with Gasteiger partial charge in [-0.2, -0.15) is 0 Å². The van der Waals surface area contributed by atoms with E-state index in [4.69, 9.17) is 15.8 Å². The summed E-state index contributed by atoms with van der Waals surface area (Å²) in [6.45, 7) is -0.385. The van der Waals surface area contributed by atoms with E-state index in [1.807, 2.05) is 0 Å². The minimum absolute atomic E-state index is 0.107. The molecule has 0 aliphatic rings. The molecule has 0 saturated carbocycles. The molecule has 14 heteroatoms. The fraction of sp³-hybridized carbons (Fsp3) is 0.692. The molecule has 12 nitrogen and oxygen atoms in total. The fourth-order valence-corrected chi connectivity index (χ4v) is 2.41. The molecule has 2 heterocycles. The van der Waals surface area contributed by atoms with E-state index in [0.29, 0.717) is 30.8 Å². The quantitative estimate of drug-likeness (QED) is 0.244. The van der Waals surface area contributed by atoms with E-state index in [9.17, 15) is 9.18 Å². The van der Waals surface area contributed by atoms with Crippen LogP contribution in [0, 0.1) is 0 Å². The predicted octanol–water partition coefficient (Wildman–Crippen LogP) is -1.81. The Morgan fingerprint density at radius 1 is 1.33 bits per heavy atom. The number of carbonyl (C=O) groups is 1. The van der Waals surface area contributed by atoms with Crippen LogP contribution in [0.25, 0.3) is 0 Å². The summed E-state index contributed by atoms with van der Waals surface area (Å²) in [6.07, 6.45) is 3.66. The summed E-state index contributed by atoms with van der Waals surface area (Å²) in [4.78, 5) is 12.1. The summed E-state index contributed by atoms with van der Waals surface area (Å²) in [5, 5.41) is 39.1. The van der Waals surface area contributed by atoms with Crippen LogP contribution in [0.4, 0.5) is 4.39 Å². The van der Waals surface area contributed by atoms with E-state index in [1.165, 1.54) is 9.36 Å². The molecular weight excluding hydrogens is 360 g/mol. The number of nitrogens with one attached hydrogen (secondary N) is 1. The Morgan fingerprint density at radius 3 is 2.89 bits per heavy atom. The normalized spacial score (nSPS) is 12.1. The molecule has 0 radical (unpaired) electrons. The van der Waals surface area contributed by atoms with Gasteiger partial charge in [-0.1, -0.05) is 18.1 Å². The van der Waals surface area contributed by atoms with Crippen LogP contribution in [0.2, 0.25) is 6.32 Å². The molecule has 0 aliphatic heterocycles. The monoisotopic (exact) mass is 383 g/mol. The number of nitrogens with two attached hydrogens (primary N) is 1. The molecule has 2 aromatic heterocycles. The van der Waals surface area contributed by atoms with Gasteiger partial charge in [0.1, 0.15) is 18.9 Å². The summed E-state index contributed by atoms with van der Waals surface area (Å²) < 4.78 is 14.9. The number of amides is 1. The van der Waals surface area contributed by atoms with Crippen LogP contribution in [-0.4, -0.2) is 64.9 Å². The Kier molecular flexibility index (Phi) is 8.22. The van der Waals surface area contributed by atoms with Gasteiger partial charge in [-0.25, -0.2) is 13.8 Å². The van der Waals surface area contributed by atoms with Crippen LogP contribution >= 0.6 is 0 Å². The third-order valence-electron chi connectivity index (χ3n) is 3.78. The summed E-state index contributed by atoms with van der Waals surface area (Å²) in [7, 11) is -1.33. The number of unbranched alkanes of at least 4 members (excludes halogenated alkanes) is 1. The number of hydrogen-bond donors (Lipinski definition) is 4. The Bertz CT molecular complexity index is 711. The van der Waals surface area contributed by atoms with E-state index in [0.717, 1.165) is 0 Å². The van der Waals surface area contributed by atoms with E-state index in [-0.39, 0.29) is 31.9 Å². The molecule has 0 bridgehead atoms. The predicted molar refractivity (Wildman–Crippen MR) is 91.4 cm³/mol. The number of halogens is 1. The SMILES string of the molecule is NC(CCCCB(O)O)c1nnnn1CC(=O)NCc1cn(CCF)nn1. The molecule has 1 amide bonds. The second kappa shape index (κ2) is 10.6. The molecule has 0 aromatic carbocycles. The van der Waals surface area contributed by atoms with Crippen molar-refractivity contribution in [3.05, 3.63) is 17.7 Å². The van der Waals surface area contributed by atoms with Crippen LogP contribution in [0.5, 0.6) is 0 Å². The van der Waals surface area contributed by atoms with E-state index in [1.54, 1.807) is 6.20 Å². The first kappa shape index (κ1) is 20.9. The molecule has 1 unspecified atom stereocenters. The van der Waals surface area contributed by atoms with Crippen LogP contribution in [0.3, 0.4) is 0 Å². The lowest BCUT2D eigenvalue weighted by Gasteiger charge is -2.11. The summed E-state index contributed by atoms with van der Waals surface area (Å²) in [6, 6.07) is -0.468. The zero-order chi connectivity index (χ0) is 19.6. The number of aryl methyl sites for hydroxylation is 1. The Balaban J connectivity index is 1.79. The fourth-order valence-electron chi connectivity index (χ4n) is 2.41. The Hall–Kier alpha value is -2.45. The lowest BCUT2D eigenvalue weighted by molar-refractivity contribution is -0.122. The topological polar surface area (TPSA) is 170 Å². The summed E-state index contributed by atoms with van der Waals surface area (Å²) in [5.41, 5.74) is 6.57. The first-order valence-electron chi connectivity index (χ1n) is 8.59. The second-order valence-electron chi connectivity index (χ2n) is 6.00. The van der Waals surface area contributed by atoms with Crippen molar-refractivity contribution < 1.29 is 19.2 Å². The Morgan fingerprint density at radius 2 is 2.15 bits per heavy atom. The molecule has 2 aromatic rings. The zero-order valence-corrected chi connectivity index (χ0v) is 14.8. The van der Waals surface area contributed by atoms with Crippen molar-refractivity contribution in [1.82, 2.24) is 40.5 Å². The van der Waals surface area contributed by atoms with E-state index in [2.05, 4.69) is 31.2 Å². The van der Waals surface area contributed by atoms with Gasteiger partial charge in [0, 0.05) is 0 Å². The average molecular weight is 383 g/mol. The van der Waals surface area contributed by atoms with Crippen molar-refractivity contribution in [3.8, 4) is 0 Å². The van der Waals surface area contributed by atoms with Gasteiger partial charge >= 0.3 is 7.12 Å². The molecule has 1 atom stereocenters. The average Bonchev–Trinajstić information content (AvgIpc) is 3.26. The molecule has 0 aliphatic carbocycles. The third-order valence-corrected chi connectivity index (χ3v) is 3.78. The minimum Gasteiger partial charge on any atom is -0.427 e. The van der Waals surface area contributed by atoms with Crippen LogP contribution in [0.1, 0.15) is 36.8 Å². The molecule has 0 spiro atoms. The van der Waals surface area contributed by atoms with Crippen molar-refractivity contribution in [2.24, 2.45) is 5.73 Å². The number of alkyl halides is 1. The number of rotatable bonds is 12. The van der Waals surface area contributed by atoms with Gasteiger partial charge in [-0.3, -0.25) is 4.79 Å². The van der Waals surface area contributed by atoms with Crippen molar-refractivity contribution in [2.75, 3.05) is 6.67 Å². The van der Waals surface area contributed by atoms with Crippen molar-refractivity contribution in [1.29, 1.82) is 0 Å². The van der Waals surface area contributed by atoms with E-state index >= 15 is 0 Å². The molecule has 27 heavy (non-hydrogen) atoms. The third kappa shape index (κ3) is 6.99. The number of carbonyl (C=O) groups excluding carboxylic acids is 1. The maximum absolute atomic E-state index is 12.2. The number of aromatic nitrogens is 7. The van der Waals surface area contributed by atoms with E-state index < -0.39 is 19.8 Å². The first-order valence-corrected chi connectivity index (χ1v) is 8.59. The Labute approximate surface area is 155 Å². The summed E-state index contributed by atoms with van der Waals surface area (Å²) >= 11 is 0. The standard InChI is InChI=1S/C13H23BFN9O3/c15-5-6-23-8-10(18-21-23)7-17-12(25)9-24-13(19-20-22-24)11(16)3-1-2-4-14(26)27/h8,11,26-27H,1-7,9,16H2,(H,17,25). The molecule has 148 valence electrons. The number of nitrogens with zero attached hydrogens (tertiary/aromatic N) is 7. The van der Waals surface area contributed by atoms with Gasteiger partial charge in [0.05, 0.1) is 25.3 Å². The van der Waals surface area contributed by atoms with Crippen molar-refractivity contribution in [3.63, 3.8) is 0 Å². The second-order valence-corrected chi connectivity index (χ2v) is 6.00. The summed E-state index contributed by atoms with van der Waals surface area (Å²) in [5.74, 6) is 0.0442. The molecule has 0 saturated heterocycles. The largest absolute Gasteiger partial charge is 0.451 e. The minimum atomic E-state index is -1.33. The molecule has 5 N–H and O–H groups in total. The van der Waals surface area contributed by atoms with Gasteiger partial charge in [-0.15, -0.1) is 10.2 Å². The molecule has 0 fully saturated rings. The highest BCUT2D eigenvalue weighted by Gasteiger charge is 2.17.